The van der Waals surface area contributed by atoms with Gasteiger partial charge in [-0.05, 0) is 36.9 Å². The van der Waals surface area contributed by atoms with Gasteiger partial charge in [0.1, 0.15) is 5.82 Å². The van der Waals surface area contributed by atoms with Crippen molar-refractivity contribution < 1.29 is 9.53 Å². The fourth-order valence-electron chi connectivity index (χ4n) is 3.31. The Labute approximate surface area is 129 Å². The number of aromatic amines is 1. The summed E-state index contributed by atoms with van der Waals surface area (Å²) in [7, 11) is 0. The zero-order chi connectivity index (χ0) is 14.9. The summed E-state index contributed by atoms with van der Waals surface area (Å²) in [4.78, 5) is 12.2. The minimum absolute atomic E-state index is 0.185. The number of hydrogen-bond acceptors (Lipinski definition) is 4. The normalized spacial score (nSPS) is 23.2. The fourth-order valence-corrected chi connectivity index (χ4v) is 3.56. The minimum Gasteiger partial charge on any atom is -0.381 e. The zero-order valence-electron chi connectivity index (χ0n) is 12.4. The summed E-state index contributed by atoms with van der Waals surface area (Å²) in [5, 5.41) is 10.0. The number of carbonyl (C=O) groups excluding carboxylic acids is 1. The summed E-state index contributed by atoms with van der Waals surface area (Å²) in [5.41, 5.74) is 0.239. The molecule has 0 bridgehead atoms. The fraction of sp³-hybridized carbons (Fsp3) is 0.786. The van der Waals surface area contributed by atoms with Crippen molar-refractivity contribution in [2.24, 2.45) is 11.3 Å². The van der Waals surface area contributed by atoms with Gasteiger partial charge in [-0.2, -0.15) is 5.10 Å². The van der Waals surface area contributed by atoms with Gasteiger partial charge in [-0.1, -0.05) is 6.92 Å². The molecule has 7 heteroatoms. The largest absolute Gasteiger partial charge is 0.381 e. The van der Waals surface area contributed by atoms with Gasteiger partial charge >= 0.3 is 0 Å². The van der Waals surface area contributed by atoms with Crippen LogP contribution in [0.2, 0.25) is 0 Å². The van der Waals surface area contributed by atoms with Crippen LogP contribution in [0.1, 0.15) is 32.0 Å². The summed E-state index contributed by atoms with van der Waals surface area (Å²) < 4.78 is 7.95. The monoisotopic (exact) mass is 310 g/mol. The highest BCUT2D eigenvalue weighted by Gasteiger charge is 2.57. The van der Waals surface area contributed by atoms with Crippen molar-refractivity contribution in [3.8, 4) is 0 Å². The molecule has 1 spiro atoms. The average molecular weight is 310 g/mol. The molecule has 116 valence electrons. The third-order valence-corrected chi connectivity index (χ3v) is 5.09. The molecule has 1 saturated carbocycles. The molecule has 2 aliphatic rings. The van der Waals surface area contributed by atoms with Gasteiger partial charge in [0.05, 0.1) is 0 Å². The van der Waals surface area contributed by atoms with Crippen molar-refractivity contribution in [2.75, 3.05) is 19.8 Å². The van der Waals surface area contributed by atoms with Crippen molar-refractivity contribution in [1.29, 1.82) is 0 Å². The molecule has 3 rings (SSSR count). The topological polar surface area (TPSA) is 71.9 Å². The Bertz CT molecular complexity index is 574. The molecule has 2 heterocycles. The lowest BCUT2D eigenvalue weighted by atomic mass is 9.93. The lowest BCUT2D eigenvalue weighted by Crippen LogP contribution is -2.32. The Balaban J connectivity index is 1.49. The Hall–Kier alpha value is -1.21. The first-order chi connectivity index (χ1) is 10.2. The maximum absolute atomic E-state index is 12.2. The number of aromatic nitrogens is 3. The summed E-state index contributed by atoms with van der Waals surface area (Å²) in [5.74, 6) is 1.30. The number of nitrogens with one attached hydrogen (secondary N) is 2. The van der Waals surface area contributed by atoms with Crippen molar-refractivity contribution in [3.05, 3.63) is 10.6 Å². The molecule has 2 N–H and O–H groups in total. The van der Waals surface area contributed by atoms with E-state index in [2.05, 4.69) is 15.5 Å². The van der Waals surface area contributed by atoms with Gasteiger partial charge in [-0.15, -0.1) is 0 Å². The molecule has 1 saturated heterocycles. The molecule has 0 aromatic carbocycles. The highest BCUT2D eigenvalue weighted by molar-refractivity contribution is 7.71. The number of carbonyl (C=O) groups is 1. The average Bonchev–Trinajstić information content (AvgIpc) is 3.06. The van der Waals surface area contributed by atoms with E-state index in [4.69, 9.17) is 17.0 Å². The van der Waals surface area contributed by atoms with Crippen LogP contribution in [0.25, 0.3) is 0 Å². The molecule has 6 nitrogen and oxygen atoms in total. The maximum Gasteiger partial charge on any atom is 0.223 e. The van der Waals surface area contributed by atoms with Crippen LogP contribution in [-0.4, -0.2) is 40.4 Å². The van der Waals surface area contributed by atoms with E-state index in [9.17, 15) is 4.79 Å². The quantitative estimate of drug-likeness (QED) is 0.807. The van der Waals surface area contributed by atoms with E-state index in [-0.39, 0.29) is 17.2 Å². The lowest BCUT2D eigenvalue weighted by Gasteiger charge is -2.22. The van der Waals surface area contributed by atoms with Crippen LogP contribution in [0, 0.1) is 16.1 Å². The second-order valence-corrected chi connectivity index (χ2v) is 6.36. The molecular formula is C14H22N4O2S. The summed E-state index contributed by atoms with van der Waals surface area (Å²) >= 11 is 5.20. The van der Waals surface area contributed by atoms with Crippen molar-refractivity contribution in [3.63, 3.8) is 0 Å². The summed E-state index contributed by atoms with van der Waals surface area (Å²) in [6.45, 7) is 4.91. The molecular weight excluding hydrogens is 288 g/mol. The van der Waals surface area contributed by atoms with Crippen LogP contribution in [0.15, 0.2) is 0 Å². The standard InChI is InChI=1S/C14H22N4O2S/c1-2-11-16-17-13(21)18(11)6-5-15-12(19)10-9-14(10)3-7-20-8-4-14/h10H,2-9H2,1H3,(H,15,19)(H,17,21)/t10-/m1/s1. The van der Waals surface area contributed by atoms with E-state index in [1.165, 1.54) is 0 Å². The lowest BCUT2D eigenvalue weighted by molar-refractivity contribution is -0.123. The second kappa shape index (κ2) is 5.88. The predicted molar refractivity (Wildman–Crippen MR) is 80.4 cm³/mol. The van der Waals surface area contributed by atoms with E-state index < -0.39 is 0 Å². The zero-order valence-corrected chi connectivity index (χ0v) is 13.2. The van der Waals surface area contributed by atoms with Crippen molar-refractivity contribution >= 4 is 18.1 Å². The SMILES string of the molecule is CCc1n[nH]c(=S)n1CCNC(=O)[C@H]1CC12CCOCC2. The first-order valence-corrected chi connectivity index (χ1v) is 8.06. The molecule has 1 amide bonds. The number of aryl methyl sites for hydroxylation is 1. The Morgan fingerprint density at radius 1 is 1.57 bits per heavy atom. The Morgan fingerprint density at radius 3 is 3.05 bits per heavy atom. The number of nitrogens with zero attached hydrogens (tertiary/aromatic N) is 2. The molecule has 1 aromatic heterocycles. The van der Waals surface area contributed by atoms with Crippen molar-refractivity contribution in [2.45, 2.75) is 39.2 Å². The molecule has 0 unspecified atom stereocenters. The molecule has 1 aromatic rings. The smallest absolute Gasteiger partial charge is 0.223 e. The third kappa shape index (κ3) is 2.89. The minimum atomic E-state index is 0.185. The highest BCUT2D eigenvalue weighted by Crippen LogP contribution is 2.59. The van der Waals surface area contributed by atoms with E-state index in [1.54, 1.807) is 0 Å². The van der Waals surface area contributed by atoms with Crippen LogP contribution in [0.4, 0.5) is 0 Å². The van der Waals surface area contributed by atoms with Gasteiger partial charge in [-0.3, -0.25) is 9.89 Å². The van der Waals surface area contributed by atoms with Gasteiger partial charge in [0.15, 0.2) is 4.77 Å². The molecule has 1 atom stereocenters. The summed E-state index contributed by atoms with van der Waals surface area (Å²) in [6, 6.07) is 0. The van der Waals surface area contributed by atoms with E-state index in [0.29, 0.717) is 17.9 Å². The van der Waals surface area contributed by atoms with Gasteiger partial charge in [0.25, 0.3) is 0 Å². The molecule has 2 fully saturated rings. The number of ether oxygens (including phenoxy) is 1. The second-order valence-electron chi connectivity index (χ2n) is 5.97. The maximum atomic E-state index is 12.2. The predicted octanol–water partition coefficient (Wildman–Crippen LogP) is 1.44. The molecule has 0 radical (unpaired) electrons. The Morgan fingerprint density at radius 2 is 2.33 bits per heavy atom. The third-order valence-electron chi connectivity index (χ3n) is 4.78. The Kier molecular flexibility index (Phi) is 4.12. The van der Waals surface area contributed by atoms with Crippen LogP contribution >= 0.6 is 12.2 Å². The number of amides is 1. The number of H-pyrrole nitrogens is 1. The summed E-state index contributed by atoms with van der Waals surface area (Å²) in [6.07, 6.45) is 3.90. The van der Waals surface area contributed by atoms with E-state index in [0.717, 1.165) is 44.7 Å². The van der Waals surface area contributed by atoms with Crippen LogP contribution in [0.3, 0.4) is 0 Å². The van der Waals surface area contributed by atoms with Gasteiger partial charge in [0.2, 0.25) is 5.91 Å². The van der Waals surface area contributed by atoms with Gasteiger partial charge in [-0.25, -0.2) is 0 Å². The van der Waals surface area contributed by atoms with Gasteiger partial charge < -0.3 is 14.6 Å². The molecule has 1 aliphatic heterocycles. The molecule has 1 aliphatic carbocycles. The van der Waals surface area contributed by atoms with E-state index in [1.807, 2.05) is 11.5 Å². The van der Waals surface area contributed by atoms with Crippen molar-refractivity contribution in [1.82, 2.24) is 20.1 Å². The first kappa shape index (κ1) is 14.7. The number of rotatable bonds is 5. The van der Waals surface area contributed by atoms with E-state index >= 15 is 0 Å². The van der Waals surface area contributed by atoms with Crippen LogP contribution in [-0.2, 0) is 22.5 Å². The van der Waals surface area contributed by atoms with Gasteiger partial charge in [0, 0.05) is 38.6 Å². The molecule has 21 heavy (non-hydrogen) atoms. The first-order valence-electron chi connectivity index (χ1n) is 7.66. The highest BCUT2D eigenvalue weighted by atomic mass is 32.1. The number of hydrogen-bond donors (Lipinski definition) is 2. The van der Waals surface area contributed by atoms with Crippen LogP contribution in [0.5, 0.6) is 0 Å². The van der Waals surface area contributed by atoms with Crippen LogP contribution < -0.4 is 5.32 Å².